The lowest BCUT2D eigenvalue weighted by molar-refractivity contribution is -0.137. The van der Waals surface area contributed by atoms with E-state index in [4.69, 9.17) is 4.74 Å². The summed E-state index contributed by atoms with van der Waals surface area (Å²) in [7, 11) is -4.13. The van der Waals surface area contributed by atoms with Gasteiger partial charge in [0.2, 0.25) is 0 Å². The van der Waals surface area contributed by atoms with Gasteiger partial charge in [-0.3, -0.25) is 9.52 Å². The van der Waals surface area contributed by atoms with E-state index in [1.54, 1.807) is 4.90 Å². The fraction of sp³-hybridized carbons (Fsp3) is 0.208. The number of hydrogen-bond donors (Lipinski definition) is 1. The highest BCUT2D eigenvalue weighted by Crippen LogP contribution is 2.33. The van der Waals surface area contributed by atoms with Gasteiger partial charge in [0.15, 0.2) is 6.61 Å². The number of hydrogen-bond acceptors (Lipinski definition) is 4. The molecule has 6 nitrogen and oxygen atoms in total. The van der Waals surface area contributed by atoms with Gasteiger partial charge in [0, 0.05) is 17.4 Å². The van der Waals surface area contributed by atoms with Gasteiger partial charge in [-0.2, -0.15) is 13.2 Å². The summed E-state index contributed by atoms with van der Waals surface area (Å²) >= 11 is 0. The summed E-state index contributed by atoms with van der Waals surface area (Å²) in [6.07, 6.45) is -3.83. The number of carbonyl (C=O) groups excluding carboxylic acids is 1. The molecule has 1 N–H and O–H groups in total. The average molecular weight is 491 g/mol. The van der Waals surface area contributed by atoms with Gasteiger partial charge >= 0.3 is 6.18 Å². The minimum atomic E-state index is -4.59. The molecule has 1 aliphatic heterocycles. The van der Waals surface area contributed by atoms with Crippen molar-refractivity contribution in [3.63, 3.8) is 0 Å². The highest BCUT2D eigenvalue weighted by molar-refractivity contribution is 7.92. The number of anilines is 2. The Morgan fingerprint density at radius 2 is 1.76 bits per heavy atom. The summed E-state index contributed by atoms with van der Waals surface area (Å²) < 4.78 is 71.5. The first-order valence-electron chi connectivity index (χ1n) is 10.4. The van der Waals surface area contributed by atoms with Crippen molar-refractivity contribution in [3.05, 3.63) is 83.9 Å². The molecule has 0 aromatic heterocycles. The second-order valence-corrected chi connectivity index (χ2v) is 9.57. The van der Waals surface area contributed by atoms with Gasteiger partial charge in [0.25, 0.3) is 15.9 Å². The maximum Gasteiger partial charge on any atom is 0.416 e. The standard InChI is InChI=1S/C24H21F3N2O4S/c1-16-13-17-5-2-3-8-22(17)29(16)23(30)15-33-20-9-11-21(12-10-20)34(31,32)28-19-7-4-6-18(14-19)24(25,26)27/h2-12,14,16,28H,13,15H2,1H3/t16-/m1/s1. The molecule has 3 aromatic carbocycles. The Bertz CT molecular complexity index is 1310. The molecule has 3 aromatic rings. The fourth-order valence-electron chi connectivity index (χ4n) is 3.85. The second-order valence-electron chi connectivity index (χ2n) is 7.89. The van der Waals surface area contributed by atoms with Crippen LogP contribution in [0.15, 0.2) is 77.7 Å². The maximum absolute atomic E-state index is 12.9. The molecule has 1 atom stereocenters. The van der Waals surface area contributed by atoms with E-state index in [9.17, 15) is 26.4 Å². The third-order valence-electron chi connectivity index (χ3n) is 5.41. The highest BCUT2D eigenvalue weighted by atomic mass is 32.2. The predicted octanol–water partition coefficient (Wildman–Crippen LogP) is 4.86. The first kappa shape index (κ1) is 23.6. The van der Waals surface area contributed by atoms with E-state index in [1.807, 2.05) is 31.2 Å². The zero-order valence-corrected chi connectivity index (χ0v) is 18.9. The van der Waals surface area contributed by atoms with E-state index in [0.717, 1.165) is 35.9 Å². The molecule has 178 valence electrons. The number of benzene rings is 3. The Morgan fingerprint density at radius 3 is 2.47 bits per heavy atom. The first-order valence-corrected chi connectivity index (χ1v) is 11.9. The summed E-state index contributed by atoms with van der Waals surface area (Å²) in [5, 5.41) is 0. The van der Waals surface area contributed by atoms with Crippen molar-refractivity contribution in [2.24, 2.45) is 0 Å². The van der Waals surface area contributed by atoms with E-state index >= 15 is 0 Å². The van der Waals surface area contributed by atoms with Gasteiger partial charge in [-0.1, -0.05) is 24.3 Å². The molecule has 1 amide bonds. The molecule has 0 spiro atoms. The Labute approximate surface area is 195 Å². The lowest BCUT2D eigenvalue weighted by Crippen LogP contribution is -2.39. The largest absolute Gasteiger partial charge is 0.484 e. The van der Waals surface area contributed by atoms with E-state index < -0.39 is 21.8 Å². The first-order chi connectivity index (χ1) is 16.0. The molecular formula is C24H21F3N2O4S. The number of nitrogens with one attached hydrogen (secondary N) is 1. The number of alkyl halides is 3. The molecule has 4 rings (SSSR count). The Balaban J connectivity index is 1.41. The summed E-state index contributed by atoms with van der Waals surface area (Å²) in [6.45, 7) is 1.72. The number of carbonyl (C=O) groups is 1. The number of ether oxygens (including phenoxy) is 1. The van der Waals surface area contributed by atoms with E-state index in [-0.39, 0.29) is 34.9 Å². The second kappa shape index (κ2) is 9.02. The average Bonchev–Trinajstić information content (AvgIpc) is 3.13. The van der Waals surface area contributed by atoms with Crippen LogP contribution in [-0.2, 0) is 27.4 Å². The molecular weight excluding hydrogens is 469 g/mol. The van der Waals surface area contributed by atoms with Crippen LogP contribution in [0.5, 0.6) is 5.75 Å². The molecule has 34 heavy (non-hydrogen) atoms. The van der Waals surface area contributed by atoms with Crippen molar-refractivity contribution in [1.29, 1.82) is 0 Å². The van der Waals surface area contributed by atoms with Gasteiger partial charge in [0.05, 0.1) is 10.5 Å². The molecule has 0 aliphatic carbocycles. The van der Waals surface area contributed by atoms with Crippen molar-refractivity contribution in [2.75, 3.05) is 16.2 Å². The monoisotopic (exact) mass is 490 g/mol. The van der Waals surface area contributed by atoms with E-state index in [2.05, 4.69) is 4.72 Å². The Morgan fingerprint density at radius 1 is 1.06 bits per heavy atom. The summed E-state index contributed by atoms with van der Waals surface area (Å²) in [5.74, 6) is 0.0619. The Hall–Kier alpha value is -3.53. The lowest BCUT2D eigenvalue weighted by atomic mass is 10.1. The van der Waals surface area contributed by atoms with Crippen LogP contribution in [-0.4, -0.2) is 27.0 Å². The third-order valence-corrected chi connectivity index (χ3v) is 6.81. The zero-order valence-electron chi connectivity index (χ0n) is 18.0. The topological polar surface area (TPSA) is 75.7 Å². The molecule has 0 saturated heterocycles. The van der Waals surface area contributed by atoms with Crippen molar-refractivity contribution in [2.45, 2.75) is 30.5 Å². The predicted molar refractivity (Wildman–Crippen MR) is 121 cm³/mol. The number of rotatable bonds is 6. The van der Waals surface area contributed by atoms with Gasteiger partial charge in [0.1, 0.15) is 5.75 Å². The number of halogens is 3. The quantitative estimate of drug-likeness (QED) is 0.535. The molecule has 10 heteroatoms. The van der Waals surface area contributed by atoms with Gasteiger partial charge in [-0.05, 0) is 67.4 Å². The SMILES string of the molecule is C[C@@H]1Cc2ccccc2N1C(=O)COc1ccc(S(=O)(=O)Nc2cccc(C(F)(F)F)c2)cc1. The van der Waals surface area contributed by atoms with Crippen LogP contribution in [0.1, 0.15) is 18.1 Å². The molecule has 0 unspecified atom stereocenters. The molecule has 0 saturated carbocycles. The van der Waals surface area contributed by atoms with Crippen LogP contribution < -0.4 is 14.4 Å². The van der Waals surface area contributed by atoms with E-state index in [0.29, 0.717) is 0 Å². The van der Waals surface area contributed by atoms with Gasteiger partial charge in [-0.15, -0.1) is 0 Å². The van der Waals surface area contributed by atoms with E-state index in [1.165, 1.54) is 30.3 Å². The minimum Gasteiger partial charge on any atom is -0.484 e. The number of amides is 1. The van der Waals surface area contributed by atoms with Crippen LogP contribution in [0.3, 0.4) is 0 Å². The molecule has 0 radical (unpaired) electrons. The molecule has 0 fully saturated rings. The summed E-state index contributed by atoms with van der Waals surface area (Å²) in [6, 6.07) is 16.9. The van der Waals surface area contributed by atoms with Crippen LogP contribution >= 0.6 is 0 Å². The summed E-state index contributed by atoms with van der Waals surface area (Å²) in [4.78, 5) is 14.3. The highest BCUT2D eigenvalue weighted by Gasteiger charge is 2.31. The molecule has 1 aliphatic rings. The summed E-state index contributed by atoms with van der Waals surface area (Å²) in [5.41, 5.74) is 0.772. The minimum absolute atomic E-state index is 0.00272. The van der Waals surface area contributed by atoms with Crippen molar-refractivity contribution >= 4 is 27.3 Å². The lowest BCUT2D eigenvalue weighted by Gasteiger charge is -2.22. The van der Waals surface area contributed by atoms with Crippen molar-refractivity contribution < 1.29 is 31.1 Å². The van der Waals surface area contributed by atoms with Crippen LogP contribution in [0, 0.1) is 0 Å². The normalized spacial score (nSPS) is 15.6. The van der Waals surface area contributed by atoms with Crippen LogP contribution in [0.4, 0.5) is 24.5 Å². The molecule has 1 heterocycles. The fourth-order valence-corrected chi connectivity index (χ4v) is 4.90. The van der Waals surface area contributed by atoms with Gasteiger partial charge < -0.3 is 9.64 Å². The molecule has 0 bridgehead atoms. The van der Waals surface area contributed by atoms with Crippen molar-refractivity contribution in [1.82, 2.24) is 0 Å². The number of fused-ring (bicyclic) bond motifs is 1. The number of nitrogens with zero attached hydrogens (tertiary/aromatic N) is 1. The van der Waals surface area contributed by atoms with Gasteiger partial charge in [-0.25, -0.2) is 8.42 Å². The van der Waals surface area contributed by atoms with Crippen LogP contribution in [0.25, 0.3) is 0 Å². The van der Waals surface area contributed by atoms with Crippen LogP contribution in [0.2, 0.25) is 0 Å². The van der Waals surface area contributed by atoms with Crippen molar-refractivity contribution in [3.8, 4) is 5.75 Å². The number of sulfonamides is 1. The Kier molecular flexibility index (Phi) is 6.26. The number of para-hydroxylation sites is 1. The smallest absolute Gasteiger partial charge is 0.416 e. The maximum atomic E-state index is 12.9. The third kappa shape index (κ3) is 5.01. The zero-order chi connectivity index (χ0) is 24.5.